The second-order valence-corrected chi connectivity index (χ2v) is 7.02. The summed E-state index contributed by atoms with van der Waals surface area (Å²) < 4.78 is 27.6. The first-order valence-corrected chi connectivity index (χ1v) is 8.64. The molecule has 0 unspecified atom stereocenters. The number of piperidine rings is 1. The maximum Gasteiger partial charge on any atom is 0.317 e. The predicted octanol–water partition coefficient (Wildman–Crippen LogP) is 3.22. The maximum absolute atomic E-state index is 14.1. The Morgan fingerprint density at radius 3 is 2.71 bits per heavy atom. The fourth-order valence-electron chi connectivity index (χ4n) is 3.44. The molecule has 2 fully saturated rings. The van der Waals surface area contributed by atoms with Crippen LogP contribution in [0.5, 0.6) is 0 Å². The number of rotatable bonds is 4. The van der Waals surface area contributed by atoms with E-state index in [1.807, 2.05) is 0 Å². The van der Waals surface area contributed by atoms with Crippen molar-refractivity contribution in [1.29, 1.82) is 0 Å². The van der Waals surface area contributed by atoms with Gasteiger partial charge in [0.15, 0.2) is 0 Å². The number of aliphatic hydroxyl groups excluding tert-OH is 1. The number of likely N-dealkylation sites (tertiary alicyclic amines) is 1. The van der Waals surface area contributed by atoms with Crippen LogP contribution in [0.15, 0.2) is 18.2 Å². The van der Waals surface area contributed by atoms with Crippen molar-refractivity contribution in [3.63, 3.8) is 0 Å². The molecule has 3 atom stereocenters. The molecule has 1 aliphatic heterocycles. The maximum atomic E-state index is 14.1. The molecule has 1 aromatic carbocycles. The normalized spacial score (nSPS) is 23.7. The van der Waals surface area contributed by atoms with E-state index in [4.69, 9.17) is 0 Å². The fraction of sp³-hybridized carbons (Fsp3) is 0.611. The van der Waals surface area contributed by atoms with Gasteiger partial charge in [0.2, 0.25) is 0 Å². The van der Waals surface area contributed by atoms with Gasteiger partial charge < -0.3 is 15.3 Å². The summed E-state index contributed by atoms with van der Waals surface area (Å²) in [5.41, 5.74) is 0.218. The SMILES string of the molecule is C[C@H](O)[C@@H]1CCCN(C(=O)N[C@@H](c2cc(F)ccc2F)C2CC2)C1. The standard InChI is InChI=1S/C18H24F2N2O2/c1-11(23)13-3-2-8-22(10-13)18(24)21-17(12-4-5-12)15-9-14(19)6-7-16(15)20/h6-7,9,11-13,17,23H,2-5,8,10H2,1H3,(H,21,24)/t11-,13+,17+/m0/s1. The van der Waals surface area contributed by atoms with Crippen molar-refractivity contribution >= 4 is 6.03 Å². The molecule has 1 saturated heterocycles. The Labute approximate surface area is 140 Å². The van der Waals surface area contributed by atoms with Crippen molar-refractivity contribution in [3.05, 3.63) is 35.4 Å². The molecule has 0 bridgehead atoms. The highest BCUT2D eigenvalue weighted by Gasteiger charge is 2.36. The summed E-state index contributed by atoms with van der Waals surface area (Å²) in [6.45, 7) is 2.85. The minimum absolute atomic E-state index is 0.0646. The molecule has 6 heteroatoms. The molecule has 1 heterocycles. The summed E-state index contributed by atoms with van der Waals surface area (Å²) in [5.74, 6) is -0.773. The molecule has 132 valence electrons. The molecule has 2 N–H and O–H groups in total. The number of halogens is 2. The summed E-state index contributed by atoms with van der Waals surface area (Å²) in [6, 6.07) is 2.60. The van der Waals surface area contributed by atoms with Crippen molar-refractivity contribution < 1.29 is 18.7 Å². The first-order chi connectivity index (χ1) is 11.5. The van der Waals surface area contributed by atoms with Gasteiger partial charge in [0, 0.05) is 24.6 Å². The van der Waals surface area contributed by atoms with E-state index in [9.17, 15) is 18.7 Å². The second kappa shape index (κ2) is 7.05. The van der Waals surface area contributed by atoms with Crippen LogP contribution in [0.3, 0.4) is 0 Å². The molecular weight excluding hydrogens is 314 g/mol. The van der Waals surface area contributed by atoms with Gasteiger partial charge in [0.05, 0.1) is 12.1 Å². The average molecular weight is 338 g/mol. The van der Waals surface area contributed by atoms with Crippen LogP contribution in [0, 0.1) is 23.5 Å². The molecule has 0 radical (unpaired) electrons. The number of benzene rings is 1. The number of amides is 2. The van der Waals surface area contributed by atoms with Gasteiger partial charge in [-0.05, 0) is 56.7 Å². The first kappa shape index (κ1) is 17.1. The summed E-state index contributed by atoms with van der Waals surface area (Å²) in [4.78, 5) is 14.3. The van der Waals surface area contributed by atoms with E-state index in [2.05, 4.69) is 5.32 Å². The second-order valence-electron chi connectivity index (χ2n) is 7.02. The summed E-state index contributed by atoms with van der Waals surface area (Å²) in [5, 5.41) is 12.6. The van der Waals surface area contributed by atoms with Crippen molar-refractivity contribution in [2.24, 2.45) is 11.8 Å². The molecule has 1 saturated carbocycles. The van der Waals surface area contributed by atoms with E-state index in [1.54, 1.807) is 11.8 Å². The third-order valence-electron chi connectivity index (χ3n) is 5.09. The highest BCUT2D eigenvalue weighted by Crippen LogP contribution is 2.42. The summed E-state index contributed by atoms with van der Waals surface area (Å²) in [6.07, 6.45) is 3.08. The Morgan fingerprint density at radius 1 is 1.29 bits per heavy atom. The zero-order chi connectivity index (χ0) is 17.3. The molecule has 1 aliphatic carbocycles. The van der Waals surface area contributed by atoms with Gasteiger partial charge in [0.25, 0.3) is 0 Å². The molecule has 2 amide bonds. The van der Waals surface area contributed by atoms with E-state index < -0.39 is 23.8 Å². The van der Waals surface area contributed by atoms with Crippen molar-refractivity contribution in [3.8, 4) is 0 Å². The third-order valence-corrected chi connectivity index (χ3v) is 5.09. The third kappa shape index (κ3) is 3.86. The highest BCUT2D eigenvalue weighted by molar-refractivity contribution is 5.75. The molecular formula is C18H24F2N2O2. The lowest BCUT2D eigenvalue weighted by Gasteiger charge is -2.35. The number of hydrogen-bond donors (Lipinski definition) is 2. The van der Waals surface area contributed by atoms with E-state index >= 15 is 0 Å². The molecule has 0 aromatic heterocycles. The van der Waals surface area contributed by atoms with Gasteiger partial charge in [-0.2, -0.15) is 0 Å². The zero-order valence-corrected chi connectivity index (χ0v) is 13.8. The van der Waals surface area contributed by atoms with Crippen LogP contribution < -0.4 is 5.32 Å². The van der Waals surface area contributed by atoms with Crippen LogP contribution in [0.1, 0.15) is 44.2 Å². The number of nitrogens with zero attached hydrogens (tertiary/aromatic N) is 1. The predicted molar refractivity (Wildman–Crippen MR) is 86.3 cm³/mol. The van der Waals surface area contributed by atoms with Crippen LogP contribution in [0.4, 0.5) is 13.6 Å². The van der Waals surface area contributed by atoms with Crippen LogP contribution >= 0.6 is 0 Å². The van der Waals surface area contributed by atoms with Crippen molar-refractivity contribution in [2.45, 2.75) is 44.8 Å². The molecule has 4 nitrogen and oxygen atoms in total. The fourth-order valence-corrected chi connectivity index (χ4v) is 3.44. The lowest BCUT2D eigenvalue weighted by Crippen LogP contribution is -2.48. The number of aliphatic hydroxyl groups is 1. The van der Waals surface area contributed by atoms with Crippen LogP contribution in [-0.4, -0.2) is 35.2 Å². The lowest BCUT2D eigenvalue weighted by molar-refractivity contribution is 0.0731. The number of urea groups is 1. The van der Waals surface area contributed by atoms with Gasteiger partial charge in [0.1, 0.15) is 11.6 Å². The Hall–Kier alpha value is -1.69. The zero-order valence-electron chi connectivity index (χ0n) is 13.8. The molecule has 0 spiro atoms. The minimum atomic E-state index is -0.501. The van der Waals surface area contributed by atoms with E-state index in [1.165, 1.54) is 6.07 Å². The Balaban J connectivity index is 1.72. The van der Waals surface area contributed by atoms with Gasteiger partial charge in [-0.1, -0.05) is 0 Å². The van der Waals surface area contributed by atoms with Gasteiger partial charge >= 0.3 is 6.03 Å². The largest absolute Gasteiger partial charge is 0.393 e. The van der Waals surface area contributed by atoms with Gasteiger partial charge in [-0.25, -0.2) is 13.6 Å². The van der Waals surface area contributed by atoms with Crippen molar-refractivity contribution in [2.75, 3.05) is 13.1 Å². The highest BCUT2D eigenvalue weighted by atomic mass is 19.1. The Kier molecular flexibility index (Phi) is 5.04. The Bertz CT molecular complexity index is 605. The number of carbonyl (C=O) groups is 1. The van der Waals surface area contributed by atoms with E-state index in [0.717, 1.165) is 37.8 Å². The molecule has 3 rings (SSSR count). The quantitative estimate of drug-likeness (QED) is 0.886. The average Bonchev–Trinajstić information content (AvgIpc) is 3.40. The smallest absolute Gasteiger partial charge is 0.317 e. The lowest BCUT2D eigenvalue weighted by atomic mass is 9.93. The van der Waals surface area contributed by atoms with Crippen LogP contribution in [-0.2, 0) is 0 Å². The van der Waals surface area contributed by atoms with E-state index in [0.29, 0.717) is 13.1 Å². The minimum Gasteiger partial charge on any atom is -0.393 e. The monoisotopic (exact) mass is 338 g/mol. The van der Waals surface area contributed by atoms with Crippen molar-refractivity contribution in [1.82, 2.24) is 10.2 Å². The topological polar surface area (TPSA) is 52.6 Å². The molecule has 1 aromatic rings. The summed E-state index contributed by atoms with van der Waals surface area (Å²) in [7, 11) is 0. The van der Waals surface area contributed by atoms with Gasteiger partial charge in [-0.3, -0.25) is 0 Å². The number of hydrogen-bond acceptors (Lipinski definition) is 2. The van der Waals surface area contributed by atoms with Crippen LogP contribution in [0.25, 0.3) is 0 Å². The Morgan fingerprint density at radius 2 is 2.04 bits per heavy atom. The molecule has 2 aliphatic rings. The first-order valence-electron chi connectivity index (χ1n) is 8.64. The number of nitrogens with one attached hydrogen (secondary N) is 1. The summed E-state index contributed by atoms with van der Waals surface area (Å²) >= 11 is 0. The molecule has 24 heavy (non-hydrogen) atoms. The van der Waals surface area contributed by atoms with Crippen LogP contribution in [0.2, 0.25) is 0 Å². The van der Waals surface area contributed by atoms with Gasteiger partial charge in [-0.15, -0.1) is 0 Å². The van der Waals surface area contributed by atoms with E-state index in [-0.39, 0.29) is 23.4 Å². The number of carbonyl (C=O) groups excluding carboxylic acids is 1.